The number of amides is 1. The van der Waals surface area contributed by atoms with E-state index in [-0.39, 0.29) is 5.91 Å². The molecule has 0 aromatic carbocycles. The highest BCUT2D eigenvalue weighted by molar-refractivity contribution is 5.77. The van der Waals surface area contributed by atoms with E-state index in [0.29, 0.717) is 31.5 Å². The lowest BCUT2D eigenvalue weighted by Gasteiger charge is -2.40. The van der Waals surface area contributed by atoms with Crippen molar-refractivity contribution in [1.29, 1.82) is 0 Å². The van der Waals surface area contributed by atoms with Gasteiger partial charge in [-0.3, -0.25) is 9.78 Å². The zero-order chi connectivity index (χ0) is 19.8. The molecule has 2 aliphatic heterocycles. The first-order chi connectivity index (χ1) is 13.4. The normalized spacial score (nSPS) is 16.3. The third-order valence-corrected chi connectivity index (χ3v) is 5.44. The number of aromatic nitrogens is 3. The minimum Gasteiger partial charge on any atom is -0.368 e. The van der Waals surface area contributed by atoms with E-state index in [2.05, 4.69) is 52.0 Å². The van der Waals surface area contributed by atoms with E-state index >= 15 is 0 Å². The molecule has 4 rings (SSSR count). The van der Waals surface area contributed by atoms with Gasteiger partial charge in [0.15, 0.2) is 0 Å². The van der Waals surface area contributed by atoms with Crippen LogP contribution >= 0.6 is 0 Å². The molecule has 0 atom stereocenters. The summed E-state index contributed by atoms with van der Waals surface area (Å²) in [6, 6.07) is 4.41. The highest BCUT2D eigenvalue weighted by Crippen LogP contribution is 2.29. The molecule has 0 aliphatic carbocycles. The molecule has 0 spiro atoms. The number of hydrogen-bond donors (Lipinski definition) is 1. The summed E-state index contributed by atoms with van der Waals surface area (Å²) in [5.41, 5.74) is 4.55. The molecule has 148 valence electrons. The van der Waals surface area contributed by atoms with Crippen LogP contribution in [0, 0.1) is 19.8 Å². The summed E-state index contributed by atoms with van der Waals surface area (Å²) in [5.74, 6) is 2.37. The van der Waals surface area contributed by atoms with E-state index in [1.54, 1.807) is 6.33 Å². The Kier molecular flexibility index (Phi) is 4.91. The average Bonchev–Trinajstić information content (AvgIpc) is 3.01. The third kappa shape index (κ3) is 3.79. The number of aryl methyl sites for hydroxylation is 2. The predicted molar refractivity (Wildman–Crippen MR) is 109 cm³/mol. The second-order valence-corrected chi connectivity index (χ2v) is 8.29. The van der Waals surface area contributed by atoms with Crippen molar-refractivity contribution >= 4 is 17.5 Å². The average molecular weight is 380 g/mol. The fraction of sp³-hybridized carbons (Fsp3) is 0.524. The molecule has 0 radical (unpaired) electrons. The quantitative estimate of drug-likeness (QED) is 0.860. The molecule has 2 aromatic heterocycles. The number of hydrogen-bond acceptors (Lipinski definition) is 6. The van der Waals surface area contributed by atoms with Crippen LogP contribution in [0.3, 0.4) is 0 Å². The minimum atomic E-state index is 0.226. The number of carbonyl (C=O) groups excluding carboxylic acids is 1. The number of anilines is 2. The Hall–Kier alpha value is -2.70. The number of carbonyl (C=O) groups is 1. The maximum atomic E-state index is 12.8. The standard InChI is InChI=1S/C21H28N6O/c1-13(2)24-19-7-20(23-12-22-19)26-8-16(9-26)6-21(28)27-10-17-14(3)5-15(4)25-18(17)11-27/h5,7,12-13,16H,6,8-11H2,1-4H3,(H,22,23,24). The van der Waals surface area contributed by atoms with Crippen molar-refractivity contribution in [1.82, 2.24) is 19.9 Å². The summed E-state index contributed by atoms with van der Waals surface area (Å²) < 4.78 is 0. The van der Waals surface area contributed by atoms with Crippen LogP contribution in [0.2, 0.25) is 0 Å². The van der Waals surface area contributed by atoms with Crippen molar-refractivity contribution in [3.8, 4) is 0 Å². The molecule has 1 saturated heterocycles. The van der Waals surface area contributed by atoms with E-state index < -0.39 is 0 Å². The lowest BCUT2D eigenvalue weighted by atomic mass is 9.95. The van der Waals surface area contributed by atoms with Gasteiger partial charge in [0.1, 0.15) is 18.0 Å². The first kappa shape index (κ1) is 18.7. The van der Waals surface area contributed by atoms with Crippen LogP contribution < -0.4 is 10.2 Å². The Balaban J connectivity index is 1.31. The second kappa shape index (κ2) is 7.37. The van der Waals surface area contributed by atoms with Crippen LogP contribution in [0.15, 0.2) is 18.5 Å². The van der Waals surface area contributed by atoms with Crippen molar-refractivity contribution < 1.29 is 4.79 Å². The summed E-state index contributed by atoms with van der Waals surface area (Å²) in [6.45, 7) is 11.3. The lowest BCUT2D eigenvalue weighted by Crippen LogP contribution is -2.49. The van der Waals surface area contributed by atoms with Crippen LogP contribution in [0.1, 0.15) is 42.8 Å². The SMILES string of the molecule is Cc1cc(C)c2c(n1)CN(C(=O)CC1CN(c3cc(NC(C)C)ncn3)C1)C2. The number of rotatable bonds is 5. The smallest absolute Gasteiger partial charge is 0.223 e. The maximum absolute atomic E-state index is 12.8. The molecule has 4 heterocycles. The molecule has 7 nitrogen and oxygen atoms in total. The first-order valence-corrected chi connectivity index (χ1v) is 9.96. The molecular formula is C21H28N6O. The Morgan fingerprint density at radius 3 is 2.75 bits per heavy atom. The summed E-state index contributed by atoms with van der Waals surface area (Å²) in [6.07, 6.45) is 2.18. The predicted octanol–water partition coefficient (Wildman–Crippen LogP) is 2.68. The zero-order valence-corrected chi connectivity index (χ0v) is 17.1. The third-order valence-electron chi connectivity index (χ3n) is 5.44. The van der Waals surface area contributed by atoms with Crippen molar-refractivity contribution in [2.75, 3.05) is 23.3 Å². The molecule has 1 N–H and O–H groups in total. The van der Waals surface area contributed by atoms with Crippen LogP contribution in [-0.4, -0.2) is 44.9 Å². The van der Waals surface area contributed by atoms with Gasteiger partial charge in [-0.15, -0.1) is 0 Å². The van der Waals surface area contributed by atoms with Gasteiger partial charge >= 0.3 is 0 Å². The summed E-state index contributed by atoms with van der Waals surface area (Å²) in [7, 11) is 0. The Bertz CT molecular complexity index is 890. The van der Waals surface area contributed by atoms with Gasteiger partial charge in [-0.1, -0.05) is 0 Å². The van der Waals surface area contributed by atoms with Gasteiger partial charge in [0.2, 0.25) is 5.91 Å². The minimum absolute atomic E-state index is 0.226. The Labute approximate surface area is 166 Å². The van der Waals surface area contributed by atoms with Gasteiger partial charge in [0.25, 0.3) is 0 Å². The van der Waals surface area contributed by atoms with Crippen LogP contribution in [-0.2, 0) is 17.9 Å². The molecule has 28 heavy (non-hydrogen) atoms. The Morgan fingerprint density at radius 1 is 1.21 bits per heavy atom. The largest absolute Gasteiger partial charge is 0.368 e. The van der Waals surface area contributed by atoms with E-state index in [4.69, 9.17) is 0 Å². The summed E-state index contributed by atoms with van der Waals surface area (Å²) >= 11 is 0. The van der Waals surface area contributed by atoms with Crippen molar-refractivity contribution in [3.05, 3.63) is 41.0 Å². The molecule has 2 aliphatic rings. The van der Waals surface area contributed by atoms with Gasteiger partial charge in [0, 0.05) is 49.8 Å². The number of pyridine rings is 1. The Morgan fingerprint density at radius 2 is 2.00 bits per heavy atom. The van der Waals surface area contributed by atoms with Gasteiger partial charge in [-0.2, -0.15) is 0 Å². The zero-order valence-electron chi connectivity index (χ0n) is 17.1. The van der Waals surface area contributed by atoms with Crippen molar-refractivity contribution in [2.24, 2.45) is 5.92 Å². The number of fused-ring (bicyclic) bond motifs is 1. The molecular weight excluding hydrogens is 352 g/mol. The summed E-state index contributed by atoms with van der Waals surface area (Å²) in [5, 5.41) is 3.30. The number of nitrogens with one attached hydrogen (secondary N) is 1. The van der Waals surface area contributed by atoms with Crippen LogP contribution in [0.4, 0.5) is 11.6 Å². The monoisotopic (exact) mass is 380 g/mol. The van der Waals surface area contributed by atoms with E-state index in [9.17, 15) is 4.79 Å². The van der Waals surface area contributed by atoms with E-state index in [0.717, 1.165) is 36.1 Å². The number of nitrogens with zero attached hydrogens (tertiary/aromatic N) is 5. The molecule has 2 aromatic rings. The van der Waals surface area contributed by atoms with Crippen LogP contribution in [0.5, 0.6) is 0 Å². The summed E-state index contributed by atoms with van der Waals surface area (Å²) in [4.78, 5) is 30.2. The molecule has 1 fully saturated rings. The van der Waals surface area contributed by atoms with Gasteiger partial charge in [0.05, 0.1) is 12.2 Å². The van der Waals surface area contributed by atoms with Gasteiger partial charge in [-0.05, 0) is 44.9 Å². The lowest BCUT2D eigenvalue weighted by molar-refractivity contribution is -0.133. The van der Waals surface area contributed by atoms with Gasteiger partial charge < -0.3 is 15.1 Å². The van der Waals surface area contributed by atoms with Crippen molar-refractivity contribution in [2.45, 2.75) is 53.2 Å². The molecule has 0 saturated carbocycles. The maximum Gasteiger partial charge on any atom is 0.223 e. The highest BCUT2D eigenvalue weighted by Gasteiger charge is 2.33. The van der Waals surface area contributed by atoms with Crippen LogP contribution in [0.25, 0.3) is 0 Å². The van der Waals surface area contributed by atoms with Crippen molar-refractivity contribution in [3.63, 3.8) is 0 Å². The fourth-order valence-electron chi connectivity index (χ4n) is 4.05. The fourth-order valence-corrected chi connectivity index (χ4v) is 4.05. The molecule has 1 amide bonds. The van der Waals surface area contributed by atoms with Gasteiger partial charge in [-0.25, -0.2) is 9.97 Å². The topological polar surface area (TPSA) is 74.2 Å². The van der Waals surface area contributed by atoms with E-state index in [1.165, 1.54) is 11.1 Å². The molecule has 7 heteroatoms. The highest BCUT2D eigenvalue weighted by atomic mass is 16.2. The molecule has 0 bridgehead atoms. The second-order valence-electron chi connectivity index (χ2n) is 8.29. The first-order valence-electron chi connectivity index (χ1n) is 9.96. The van der Waals surface area contributed by atoms with E-state index in [1.807, 2.05) is 17.9 Å². The molecule has 0 unspecified atom stereocenters.